The minimum atomic E-state index is -0.548. The summed E-state index contributed by atoms with van der Waals surface area (Å²) in [5.41, 5.74) is 2.97. The van der Waals surface area contributed by atoms with Crippen LogP contribution in [-0.4, -0.2) is 23.1 Å². The molecule has 3 aromatic carbocycles. The van der Waals surface area contributed by atoms with Crippen molar-refractivity contribution in [1.82, 2.24) is 4.90 Å². The number of imide groups is 1. The molecule has 1 saturated heterocycles. The first-order valence-corrected chi connectivity index (χ1v) is 10.7. The molecule has 31 heavy (non-hydrogen) atoms. The second-order valence-electron chi connectivity index (χ2n) is 6.95. The van der Waals surface area contributed by atoms with E-state index >= 15 is 0 Å². The molecule has 3 aromatic rings. The van der Waals surface area contributed by atoms with Crippen molar-refractivity contribution >= 4 is 52.0 Å². The van der Waals surface area contributed by atoms with Crippen LogP contribution in [0.25, 0.3) is 6.08 Å². The molecule has 0 atom stereocenters. The third kappa shape index (κ3) is 4.50. The van der Waals surface area contributed by atoms with E-state index in [1.165, 1.54) is 18.2 Å². The number of amides is 2. The SMILES string of the molecule is CN(c1ccccc1)c1ccc(/C=C2\SC(=O)N(Cc3c(F)cccc3Cl)C2=O)cc1. The minimum Gasteiger partial charge on any atom is -0.345 e. The van der Waals surface area contributed by atoms with Crippen molar-refractivity contribution in [2.75, 3.05) is 11.9 Å². The van der Waals surface area contributed by atoms with Gasteiger partial charge in [0.2, 0.25) is 0 Å². The highest BCUT2D eigenvalue weighted by Gasteiger charge is 2.35. The molecular formula is C24H18ClFN2O2S. The maximum Gasteiger partial charge on any atom is 0.293 e. The van der Waals surface area contributed by atoms with Gasteiger partial charge in [0.15, 0.2) is 0 Å². The second-order valence-corrected chi connectivity index (χ2v) is 8.35. The summed E-state index contributed by atoms with van der Waals surface area (Å²) in [6.45, 7) is -0.200. The van der Waals surface area contributed by atoms with E-state index in [0.29, 0.717) is 4.91 Å². The molecule has 1 heterocycles. The number of nitrogens with zero attached hydrogens (tertiary/aromatic N) is 2. The Bertz CT molecular complexity index is 1150. The number of para-hydroxylation sites is 1. The fourth-order valence-electron chi connectivity index (χ4n) is 3.22. The van der Waals surface area contributed by atoms with Crippen LogP contribution in [-0.2, 0) is 11.3 Å². The van der Waals surface area contributed by atoms with Gasteiger partial charge >= 0.3 is 0 Å². The zero-order valence-electron chi connectivity index (χ0n) is 16.6. The Labute approximate surface area is 188 Å². The van der Waals surface area contributed by atoms with Crippen LogP contribution in [0, 0.1) is 5.82 Å². The molecular weight excluding hydrogens is 435 g/mol. The molecule has 4 nitrogen and oxygen atoms in total. The first-order valence-electron chi connectivity index (χ1n) is 9.51. The summed E-state index contributed by atoms with van der Waals surface area (Å²) in [5.74, 6) is -1.01. The van der Waals surface area contributed by atoms with Crippen LogP contribution in [0.5, 0.6) is 0 Å². The number of rotatable bonds is 5. The fraction of sp³-hybridized carbons (Fsp3) is 0.0833. The van der Waals surface area contributed by atoms with E-state index in [1.54, 1.807) is 6.08 Å². The van der Waals surface area contributed by atoms with Gasteiger partial charge in [-0.15, -0.1) is 0 Å². The highest BCUT2D eigenvalue weighted by atomic mass is 35.5. The van der Waals surface area contributed by atoms with Gasteiger partial charge in [-0.25, -0.2) is 4.39 Å². The normalized spacial score (nSPS) is 15.1. The maximum absolute atomic E-state index is 14.1. The van der Waals surface area contributed by atoms with Gasteiger partial charge in [0.1, 0.15) is 5.82 Å². The van der Waals surface area contributed by atoms with Crippen LogP contribution < -0.4 is 4.90 Å². The van der Waals surface area contributed by atoms with Crippen molar-refractivity contribution in [2.24, 2.45) is 0 Å². The Morgan fingerprint density at radius 1 is 0.968 bits per heavy atom. The molecule has 4 rings (SSSR count). The lowest BCUT2D eigenvalue weighted by molar-refractivity contribution is -0.123. The summed E-state index contributed by atoms with van der Waals surface area (Å²) in [5, 5.41) is -0.267. The molecule has 1 aliphatic rings. The monoisotopic (exact) mass is 452 g/mol. The van der Waals surface area contributed by atoms with E-state index in [4.69, 9.17) is 11.6 Å². The van der Waals surface area contributed by atoms with E-state index < -0.39 is 17.0 Å². The molecule has 156 valence electrons. The van der Waals surface area contributed by atoms with Crippen molar-refractivity contribution in [3.8, 4) is 0 Å². The third-order valence-electron chi connectivity index (χ3n) is 4.97. The van der Waals surface area contributed by atoms with Crippen molar-refractivity contribution in [3.63, 3.8) is 0 Å². The lowest BCUT2D eigenvalue weighted by Gasteiger charge is -2.19. The number of carbonyl (C=O) groups excluding carboxylic acids is 2. The van der Waals surface area contributed by atoms with Crippen LogP contribution in [0.2, 0.25) is 5.02 Å². The number of benzene rings is 3. The zero-order valence-corrected chi connectivity index (χ0v) is 18.2. The highest BCUT2D eigenvalue weighted by molar-refractivity contribution is 8.18. The second kappa shape index (κ2) is 8.96. The van der Waals surface area contributed by atoms with Crippen LogP contribution in [0.15, 0.2) is 77.7 Å². The van der Waals surface area contributed by atoms with E-state index in [9.17, 15) is 14.0 Å². The van der Waals surface area contributed by atoms with Crippen LogP contribution in [0.1, 0.15) is 11.1 Å². The standard InChI is InChI=1S/C24H18ClFN2O2S/c1-27(17-6-3-2-4-7-17)18-12-10-16(11-13-18)14-22-23(29)28(24(30)31-22)15-19-20(25)8-5-9-21(19)26/h2-14H,15H2,1H3/b22-14-. The molecule has 0 spiro atoms. The Kier molecular flexibility index (Phi) is 6.11. The van der Waals surface area contributed by atoms with Gasteiger partial charge in [-0.3, -0.25) is 14.5 Å². The summed E-state index contributed by atoms with van der Waals surface area (Å²) in [6, 6.07) is 21.9. The lowest BCUT2D eigenvalue weighted by atomic mass is 10.1. The maximum atomic E-state index is 14.1. The molecule has 0 saturated carbocycles. The predicted octanol–water partition coefficient (Wildman–Crippen LogP) is 6.48. The number of hydrogen-bond donors (Lipinski definition) is 0. The molecule has 7 heteroatoms. The fourth-order valence-corrected chi connectivity index (χ4v) is 4.29. The molecule has 0 N–H and O–H groups in total. The van der Waals surface area contributed by atoms with E-state index in [-0.39, 0.29) is 17.1 Å². The molecule has 0 aromatic heterocycles. The van der Waals surface area contributed by atoms with Crippen molar-refractivity contribution in [1.29, 1.82) is 0 Å². The lowest BCUT2D eigenvalue weighted by Crippen LogP contribution is -2.28. The zero-order chi connectivity index (χ0) is 22.0. The molecule has 1 aliphatic heterocycles. The van der Waals surface area contributed by atoms with Gasteiger partial charge in [0.25, 0.3) is 11.1 Å². The number of hydrogen-bond acceptors (Lipinski definition) is 4. The average Bonchev–Trinajstić information content (AvgIpc) is 3.04. The molecule has 0 unspecified atom stereocenters. The van der Waals surface area contributed by atoms with Crippen LogP contribution in [0.3, 0.4) is 0 Å². The Hall–Kier alpha value is -3.09. The molecule has 2 amide bonds. The van der Waals surface area contributed by atoms with Crippen LogP contribution in [0.4, 0.5) is 20.6 Å². The third-order valence-corrected chi connectivity index (χ3v) is 6.23. The number of carbonyl (C=O) groups is 2. The number of thioether (sulfide) groups is 1. The minimum absolute atomic E-state index is 0.126. The van der Waals surface area contributed by atoms with Crippen LogP contribution >= 0.6 is 23.4 Å². The first kappa shape index (κ1) is 21.2. The number of anilines is 2. The van der Waals surface area contributed by atoms with Gasteiger partial charge in [0, 0.05) is 29.0 Å². The Morgan fingerprint density at radius 3 is 2.32 bits per heavy atom. The molecule has 0 radical (unpaired) electrons. The summed E-state index contributed by atoms with van der Waals surface area (Å²) in [6.07, 6.45) is 1.67. The van der Waals surface area contributed by atoms with Gasteiger partial charge in [-0.1, -0.05) is 48.0 Å². The van der Waals surface area contributed by atoms with E-state index in [0.717, 1.165) is 33.6 Å². The summed E-state index contributed by atoms with van der Waals surface area (Å²) in [7, 11) is 1.98. The number of halogens is 2. The Balaban J connectivity index is 1.51. The van der Waals surface area contributed by atoms with Crippen molar-refractivity contribution in [3.05, 3.63) is 99.7 Å². The average molecular weight is 453 g/mol. The van der Waals surface area contributed by atoms with Gasteiger partial charge in [-0.2, -0.15) is 0 Å². The summed E-state index contributed by atoms with van der Waals surface area (Å²) in [4.78, 5) is 28.5. The van der Waals surface area contributed by atoms with E-state index in [1.807, 2.05) is 61.6 Å². The van der Waals surface area contributed by atoms with Crippen molar-refractivity contribution in [2.45, 2.75) is 6.54 Å². The summed E-state index contributed by atoms with van der Waals surface area (Å²) >= 11 is 6.88. The van der Waals surface area contributed by atoms with Gasteiger partial charge in [0.05, 0.1) is 11.4 Å². The van der Waals surface area contributed by atoms with Gasteiger partial charge in [-0.05, 0) is 59.8 Å². The molecule has 0 aliphatic carbocycles. The van der Waals surface area contributed by atoms with Gasteiger partial charge < -0.3 is 4.90 Å². The summed E-state index contributed by atoms with van der Waals surface area (Å²) < 4.78 is 14.1. The topological polar surface area (TPSA) is 40.6 Å². The highest BCUT2D eigenvalue weighted by Crippen LogP contribution is 2.35. The molecule has 1 fully saturated rings. The molecule has 0 bridgehead atoms. The first-order chi connectivity index (χ1) is 14.9. The Morgan fingerprint density at radius 2 is 1.65 bits per heavy atom. The van der Waals surface area contributed by atoms with Crippen molar-refractivity contribution < 1.29 is 14.0 Å². The smallest absolute Gasteiger partial charge is 0.293 e. The van der Waals surface area contributed by atoms with E-state index in [2.05, 4.69) is 4.90 Å². The quantitative estimate of drug-likeness (QED) is 0.415. The predicted molar refractivity (Wildman–Crippen MR) is 124 cm³/mol. The largest absolute Gasteiger partial charge is 0.345 e.